The quantitative estimate of drug-likeness (QED) is 0.647. The van der Waals surface area contributed by atoms with E-state index >= 15 is 0 Å². The van der Waals surface area contributed by atoms with E-state index in [1.54, 1.807) is 12.1 Å². The Labute approximate surface area is 159 Å². The van der Waals surface area contributed by atoms with Crippen molar-refractivity contribution in [3.63, 3.8) is 0 Å². The van der Waals surface area contributed by atoms with Crippen LogP contribution in [0.3, 0.4) is 0 Å². The van der Waals surface area contributed by atoms with Crippen molar-refractivity contribution in [3.8, 4) is 0 Å². The Morgan fingerprint density at radius 2 is 2.12 bits per heavy atom. The minimum atomic E-state index is -0.0429. The Hall–Kier alpha value is -1.02. The van der Waals surface area contributed by atoms with Crippen molar-refractivity contribution in [1.82, 2.24) is 15.5 Å². The molecule has 0 unspecified atom stereocenters. The van der Waals surface area contributed by atoms with Gasteiger partial charge in [-0.1, -0.05) is 52.4 Å². The van der Waals surface area contributed by atoms with E-state index in [1.807, 2.05) is 19.9 Å². The molecule has 9 heteroatoms. The van der Waals surface area contributed by atoms with Gasteiger partial charge in [0.15, 0.2) is 4.34 Å². The Bertz CT molecular complexity index is 694. The summed E-state index contributed by atoms with van der Waals surface area (Å²) in [5, 5.41) is 16.1. The highest BCUT2D eigenvalue weighted by Crippen LogP contribution is 2.25. The average Bonchev–Trinajstić information content (AvgIpc) is 2.94. The van der Waals surface area contributed by atoms with Crippen molar-refractivity contribution in [3.05, 3.63) is 33.8 Å². The van der Waals surface area contributed by atoms with Crippen molar-refractivity contribution < 1.29 is 4.79 Å². The van der Waals surface area contributed by atoms with Crippen molar-refractivity contribution in [1.29, 1.82) is 0 Å². The van der Waals surface area contributed by atoms with Crippen LogP contribution in [-0.2, 0) is 11.2 Å². The summed E-state index contributed by atoms with van der Waals surface area (Å²) in [5.41, 5.74) is 0.961. The van der Waals surface area contributed by atoms with Crippen molar-refractivity contribution in [2.75, 3.05) is 17.6 Å². The second-order valence-electron chi connectivity index (χ2n) is 5.30. The molecule has 24 heavy (non-hydrogen) atoms. The first-order valence-electron chi connectivity index (χ1n) is 7.37. The summed E-state index contributed by atoms with van der Waals surface area (Å²) >= 11 is 14.8. The first kappa shape index (κ1) is 19.3. The van der Waals surface area contributed by atoms with Crippen LogP contribution in [0, 0.1) is 0 Å². The van der Waals surface area contributed by atoms with Crippen LogP contribution in [0.25, 0.3) is 0 Å². The standard InChI is InChI=1S/C15H18Cl2N4OS2/c1-9(2)19-14-20-21-15(24-14)23-8-13(22)18-6-5-10-3-4-11(16)7-12(10)17/h3-4,7,9H,5-6,8H2,1-2H3,(H,18,22)(H,19,20). The predicted octanol–water partition coefficient (Wildman–Crippen LogP) is 4.12. The molecular weight excluding hydrogens is 387 g/mol. The Kier molecular flexibility index (Phi) is 7.61. The van der Waals surface area contributed by atoms with Gasteiger partial charge in [0.25, 0.3) is 0 Å². The molecule has 0 saturated carbocycles. The topological polar surface area (TPSA) is 66.9 Å². The maximum atomic E-state index is 11.9. The molecule has 0 atom stereocenters. The molecular formula is C15H18Cl2N4OS2. The number of carbonyl (C=O) groups excluding carboxylic acids is 1. The molecule has 0 spiro atoms. The van der Waals surface area contributed by atoms with Crippen LogP contribution < -0.4 is 10.6 Å². The third-order valence-electron chi connectivity index (χ3n) is 2.88. The smallest absolute Gasteiger partial charge is 0.230 e. The molecule has 1 amide bonds. The fourth-order valence-electron chi connectivity index (χ4n) is 1.81. The molecule has 130 valence electrons. The van der Waals surface area contributed by atoms with Gasteiger partial charge in [0, 0.05) is 22.6 Å². The normalized spacial score (nSPS) is 10.9. The van der Waals surface area contributed by atoms with E-state index in [0.717, 1.165) is 15.0 Å². The molecule has 0 aliphatic carbocycles. The molecule has 0 fully saturated rings. The molecule has 0 aliphatic heterocycles. The Balaban J connectivity index is 1.70. The minimum Gasteiger partial charge on any atom is -0.358 e. The number of amides is 1. The van der Waals surface area contributed by atoms with E-state index in [4.69, 9.17) is 23.2 Å². The number of hydrogen-bond donors (Lipinski definition) is 2. The zero-order chi connectivity index (χ0) is 17.5. The summed E-state index contributed by atoms with van der Waals surface area (Å²) in [7, 11) is 0. The number of anilines is 1. The number of rotatable bonds is 8. The van der Waals surface area contributed by atoms with Crippen LogP contribution in [0.2, 0.25) is 10.0 Å². The first-order valence-corrected chi connectivity index (χ1v) is 9.93. The largest absolute Gasteiger partial charge is 0.358 e. The van der Waals surface area contributed by atoms with Crippen LogP contribution in [-0.4, -0.2) is 34.4 Å². The van der Waals surface area contributed by atoms with E-state index in [9.17, 15) is 4.79 Å². The number of thioether (sulfide) groups is 1. The van der Waals surface area contributed by atoms with E-state index < -0.39 is 0 Å². The van der Waals surface area contributed by atoms with Gasteiger partial charge in [0.1, 0.15) is 0 Å². The van der Waals surface area contributed by atoms with Crippen LogP contribution in [0.1, 0.15) is 19.4 Å². The molecule has 1 heterocycles. The summed E-state index contributed by atoms with van der Waals surface area (Å²) in [6.45, 7) is 4.60. The number of nitrogens with zero attached hydrogens (tertiary/aromatic N) is 2. The molecule has 2 N–H and O–H groups in total. The van der Waals surface area contributed by atoms with Gasteiger partial charge in [-0.3, -0.25) is 4.79 Å². The summed E-state index contributed by atoms with van der Waals surface area (Å²) in [6.07, 6.45) is 0.660. The lowest BCUT2D eigenvalue weighted by Gasteiger charge is -2.06. The van der Waals surface area contributed by atoms with Gasteiger partial charge in [0.05, 0.1) is 5.75 Å². The number of nitrogens with one attached hydrogen (secondary N) is 2. The second kappa shape index (κ2) is 9.46. The maximum Gasteiger partial charge on any atom is 0.230 e. The monoisotopic (exact) mass is 404 g/mol. The molecule has 0 radical (unpaired) electrons. The predicted molar refractivity (Wildman–Crippen MR) is 103 cm³/mol. The van der Waals surface area contributed by atoms with E-state index in [1.165, 1.54) is 23.1 Å². The molecule has 2 aromatic rings. The number of carbonyl (C=O) groups is 1. The van der Waals surface area contributed by atoms with Gasteiger partial charge in [-0.25, -0.2) is 0 Å². The zero-order valence-corrected chi connectivity index (χ0v) is 16.5. The number of halogens is 2. The zero-order valence-electron chi connectivity index (χ0n) is 13.3. The van der Waals surface area contributed by atoms with Crippen LogP contribution in [0.5, 0.6) is 0 Å². The van der Waals surface area contributed by atoms with E-state index in [0.29, 0.717) is 34.8 Å². The van der Waals surface area contributed by atoms with Gasteiger partial charge in [-0.2, -0.15) is 0 Å². The van der Waals surface area contributed by atoms with Crippen molar-refractivity contribution in [2.24, 2.45) is 0 Å². The Morgan fingerprint density at radius 1 is 1.33 bits per heavy atom. The van der Waals surface area contributed by atoms with Gasteiger partial charge in [-0.05, 0) is 38.0 Å². The Morgan fingerprint density at radius 3 is 2.83 bits per heavy atom. The first-order chi connectivity index (χ1) is 11.4. The molecule has 0 bridgehead atoms. The highest BCUT2D eigenvalue weighted by Gasteiger charge is 2.09. The fourth-order valence-corrected chi connectivity index (χ4v) is 4.04. The van der Waals surface area contributed by atoms with Gasteiger partial charge < -0.3 is 10.6 Å². The SMILES string of the molecule is CC(C)Nc1nnc(SCC(=O)NCCc2ccc(Cl)cc2Cl)s1. The van der Waals surface area contributed by atoms with Crippen molar-refractivity contribution >= 4 is 57.3 Å². The summed E-state index contributed by atoms with van der Waals surface area (Å²) in [5.74, 6) is 0.267. The summed E-state index contributed by atoms with van der Waals surface area (Å²) < 4.78 is 0.772. The molecule has 1 aromatic heterocycles. The lowest BCUT2D eigenvalue weighted by molar-refractivity contribution is -0.118. The lowest BCUT2D eigenvalue weighted by atomic mass is 10.1. The maximum absolute atomic E-state index is 11.9. The van der Waals surface area contributed by atoms with Crippen LogP contribution in [0.4, 0.5) is 5.13 Å². The number of benzene rings is 1. The van der Waals surface area contributed by atoms with Gasteiger partial charge >= 0.3 is 0 Å². The van der Waals surface area contributed by atoms with Crippen LogP contribution >= 0.6 is 46.3 Å². The summed E-state index contributed by atoms with van der Waals surface area (Å²) in [6, 6.07) is 5.67. The van der Waals surface area contributed by atoms with Crippen LogP contribution in [0.15, 0.2) is 22.5 Å². The summed E-state index contributed by atoms with van der Waals surface area (Å²) in [4.78, 5) is 11.9. The molecule has 0 saturated heterocycles. The average molecular weight is 405 g/mol. The molecule has 0 aliphatic rings. The van der Waals surface area contributed by atoms with E-state index in [-0.39, 0.29) is 5.91 Å². The van der Waals surface area contributed by atoms with Gasteiger partial charge in [0.2, 0.25) is 11.0 Å². The molecule has 2 rings (SSSR count). The number of aromatic nitrogens is 2. The fraction of sp³-hybridized carbons (Fsp3) is 0.400. The third kappa shape index (κ3) is 6.47. The number of hydrogen-bond acceptors (Lipinski definition) is 6. The van der Waals surface area contributed by atoms with E-state index in [2.05, 4.69) is 20.8 Å². The second-order valence-corrected chi connectivity index (χ2v) is 8.34. The highest BCUT2D eigenvalue weighted by atomic mass is 35.5. The minimum absolute atomic E-state index is 0.0429. The highest BCUT2D eigenvalue weighted by molar-refractivity contribution is 8.01. The molecule has 1 aromatic carbocycles. The van der Waals surface area contributed by atoms with Gasteiger partial charge in [-0.15, -0.1) is 10.2 Å². The molecule has 5 nitrogen and oxygen atoms in total. The third-order valence-corrected chi connectivity index (χ3v) is 5.45. The lowest BCUT2D eigenvalue weighted by Crippen LogP contribution is -2.27. The van der Waals surface area contributed by atoms with Crippen molar-refractivity contribution in [2.45, 2.75) is 30.6 Å².